The van der Waals surface area contributed by atoms with Gasteiger partial charge in [-0.1, -0.05) is 30.3 Å². The van der Waals surface area contributed by atoms with Gasteiger partial charge in [0.15, 0.2) is 0 Å². The Labute approximate surface area is 149 Å². The van der Waals surface area contributed by atoms with E-state index in [0.717, 1.165) is 11.7 Å². The summed E-state index contributed by atoms with van der Waals surface area (Å²) < 4.78 is 0. The van der Waals surface area contributed by atoms with Crippen molar-refractivity contribution in [3.05, 3.63) is 54.1 Å². The lowest BCUT2D eigenvalue weighted by atomic mass is 10.0. The number of hydrogen-bond acceptors (Lipinski definition) is 3. The van der Waals surface area contributed by atoms with Crippen molar-refractivity contribution < 1.29 is 0 Å². The van der Waals surface area contributed by atoms with Crippen LogP contribution in [0.15, 0.2) is 58.3 Å². The fraction of sp³-hybridized carbons (Fsp3) is 0.429. The fourth-order valence-corrected chi connectivity index (χ4v) is 5.02. The summed E-state index contributed by atoms with van der Waals surface area (Å²) in [7, 11) is 1.96. The van der Waals surface area contributed by atoms with E-state index in [1.165, 1.54) is 54.0 Å². The van der Waals surface area contributed by atoms with Crippen LogP contribution in [0, 0.1) is 0 Å². The van der Waals surface area contributed by atoms with E-state index in [2.05, 4.69) is 58.7 Å². The number of piperidine rings is 1. The molecule has 2 aliphatic heterocycles. The first kappa shape index (κ1) is 16.0. The minimum absolute atomic E-state index is 0.657. The molecular formula is C21H26N2S. The largest absolute Gasteiger partial charge is 0.388 e. The van der Waals surface area contributed by atoms with Crippen molar-refractivity contribution in [2.75, 3.05) is 18.9 Å². The molecule has 2 aromatic rings. The topological polar surface area (TPSA) is 15.3 Å². The van der Waals surface area contributed by atoms with Crippen molar-refractivity contribution in [2.24, 2.45) is 0 Å². The first-order chi connectivity index (χ1) is 11.8. The van der Waals surface area contributed by atoms with Gasteiger partial charge in [0.1, 0.15) is 0 Å². The third kappa shape index (κ3) is 3.33. The number of nitrogens with one attached hydrogen (secondary N) is 1. The van der Waals surface area contributed by atoms with Crippen LogP contribution in [0.2, 0.25) is 0 Å². The molecule has 0 aliphatic carbocycles. The summed E-state index contributed by atoms with van der Waals surface area (Å²) in [6.07, 6.45) is 6.94. The SMILES string of the molecule is CNc1ccc(Sc2ccc([C@H]3CC[C@H]4CCCCN43)cc2)cc1. The van der Waals surface area contributed by atoms with Gasteiger partial charge >= 0.3 is 0 Å². The maximum atomic E-state index is 3.17. The second-order valence-corrected chi connectivity index (χ2v) is 8.07. The summed E-state index contributed by atoms with van der Waals surface area (Å²) in [4.78, 5) is 5.38. The van der Waals surface area contributed by atoms with Gasteiger partial charge in [0.05, 0.1) is 0 Å². The van der Waals surface area contributed by atoms with E-state index in [1.54, 1.807) is 0 Å². The molecule has 2 fully saturated rings. The minimum atomic E-state index is 0.657. The fourth-order valence-electron chi connectivity index (χ4n) is 4.20. The van der Waals surface area contributed by atoms with Crippen molar-refractivity contribution in [2.45, 2.75) is 54.0 Å². The van der Waals surface area contributed by atoms with Gasteiger partial charge in [-0.15, -0.1) is 0 Å². The van der Waals surface area contributed by atoms with Gasteiger partial charge in [0.2, 0.25) is 0 Å². The van der Waals surface area contributed by atoms with Gasteiger partial charge in [-0.05, 0) is 74.2 Å². The molecule has 126 valence electrons. The Morgan fingerprint density at radius 2 is 1.58 bits per heavy atom. The Morgan fingerprint density at radius 3 is 2.29 bits per heavy atom. The van der Waals surface area contributed by atoms with Gasteiger partial charge in [-0.2, -0.15) is 0 Å². The standard InChI is InChI=1S/C21H26N2S/c1-22-17-7-12-20(13-8-17)24-19-10-5-16(6-11-19)21-14-9-18-4-2-3-15-23(18)21/h5-8,10-13,18,21-22H,2-4,9,14-15H2,1H3/t18-,21-/m1/s1. The van der Waals surface area contributed by atoms with E-state index in [-0.39, 0.29) is 0 Å². The van der Waals surface area contributed by atoms with Crippen molar-refractivity contribution in [1.29, 1.82) is 0 Å². The second kappa shape index (κ2) is 7.20. The van der Waals surface area contributed by atoms with Crippen LogP contribution in [0.25, 0.3) is 0 Å². The van der Waals surface area contributed by atoms with Gasteiger partial charge < -0.3 is 5.32 Å². The smallest absolute Gasteiger partial charge is 0.0351 e. The maximum absolute atomic E-state index is 3.17. The second-order valence-electron chi connectivity index (χ2n) is 6.93. The third-order valence-corrected chi connectivity index (χ3v) is 6.51. The first-order valence-corrected chi connectivity index (χ1v) is 9.96. The predicted octanol–water partition coefficient (Wildman–Crippen LogP) is 5.57. The molecule has 2 heterocycles. The molecule has 0 radical (unpaired) electrons. The average Bonchev–Trinajstić information content (AvgIpc) is 3.07. The van der Waals surface area contributed by atoms with Crippen LogP contribution in [-0.4, -0.2) is 24.5 Å². The summed E-state index contributed by atoms with van der Waals surface area (Å²) in [6, 6.07) is 19.4. The quantitative estimate of drug-likeness (QED) is 0.784. The molecule has 2 atom stereocenters. The molecule has 0 saturated carbocycles. The zero-order valence-electron chi connectivity index (χ0n) is 14.4. The molecule has 1 N–H and O–H groups in total. The average molecular weight is 339 g/mol. The van der Waals surface area contributed by atoms with E-state index in [9.17, 15) is 0 Å². The molecule has 0 aromatic heterocycles. The molecule has 2 aromatic carbocycles. The zero-order chi connectivity index (χ0) is 16.4. The van der Waals surface area contributed by atoms with Gasteiger partial charge in [0.25, 0.3) is 0 Å². The Bertz CT molecular complexity index is 665. The van der Waals surface area contributed by atoms with Gasteiger partial charge in [0, 0.05) is 34.6 Å². The van der Waals surface area contributed by atoms with E-state index in [0.29, 0.717) is 6.04 Å². The molecule has 0 unspecified atom stereocenters. The Morgan fingerprint density at radius 1 is 0.875 bits per heavy atom. The van der Waals surface area contributed by atoms with Crippen LogP contribution in [0.5, 0.6) is 0 Å². The highest BCUT2D eigenvalue weighted by Crippen LogP contribution is 2.40. The molecule has 4 rings (SSSR count). The number of hydrogen-bond donors (Lipinski definition) is 1. The molecular weight excluding hydrogens is 312 g/mol. The molecule has 2 nitrogen and oxygen atoms in total. The number of nitrogens with zero attached hydrogens (tertiary/aromatic N) is 1. The van der Waals surface area contributed by atoms with E-state index >= 15 is 0 Å². The van der Waals surface area contributed by atoms with E-state index in [1.807, 2.05) is 18.8 Å². The lowest BCUT2D eigenvalue weighted by molar-refractivity contribution is 0.150. The molecule has 3 heteroatoms. The van der Waals surface area contributed by atoms with Crippen LogP contribution >= 0.6 is 11.8 Å². The molecule has 0 amide bonds. The van der Waals surface area contributed by atoms with Crippen LogP contribution < -0.4 is 5.32 Å². The molecule has 2 aliphatic rings. The van der Waals surface area contributed by atoms with Crippen LogP contribution in [0.4, 0.5) is 5.69 Å². The van der Waals surface area contributed by atoms with E-state index < -0.39 is 0 Å². The maximum Gasteiger partial charge on any atom is 0.0351 e. The van der Waals surface area contributed by atoms with Crippen LogP contribution in [0.1, 0.15) is 43.7 Å². The predicted molar refractivity (Wildman–Crippen MR) is 103 cm³/mol. The third-order valence-electron chi connectivity index (χ3n) is 5.49. The van der Waals surface area contributed by atoms with Crippen molar-refractivity contribution in [3.63, 3.8) is 0 Å². The zero-order valence-corrected chi connectivity index (χ0v) is 15.2. The number of benzene rings is 2. The van der Waals surface area contributed by atoms with Gasteiger partial charge in [-0.25, -0.2) is 0 Å². The molecule has 2 saturated heterocycles. The summed E-state index contributed by atoms with van der Waals surface area (Å²) in [5.74, 6) is 0. The number of anilines is 1. The lowest BCUT2D eigenvalue weighted by Gasteiger charge is -2.34. The highest BCUT2D eigenvalue weighted by Gasteiger charge is 2.35. The van der Waals surface area contributed by atoms with Crippen molar-refractivity contribution in [3.8, 4) is 0 Å². The molecule has 0 spiro atoms. The normalized spacial score (nSPS) is 23.9. The number of fused-ring (bicyclic) bond motifs is 1. The highest BCUT2D eigenvalue weighted by molar-refractivity contribution is 7.99. The number of rotatable bonds is 4. The molecule has 0 bridgehead atoms. The van der Waals surface area contributed by atoms with Crippen molar-refractivity contribution in [1.82, 2.24) is 4.90 Å². The van der Waals surface area contributed by atoms with Crippen LogP contribution in [-0.2, 0) is 0 Å². The monoisotopic (exact) mass is 338 g/mol. The Balaban J connectivity index is 1.44. The summed E-state index contributed by atoms with van der Waals surface area (Å²) >= 11 is 1.84. The highest BCUT2D eigenvalue weighted by atomic mass is 32.2. The lowest BCUT2D eigenvalue weighted by Crippen LogP contribution is -2.35. The summed E-state index contributed by atoms with van der Waals surface area (Å²) in [5.41, 5.74) is 2.67. The van der Waals surface area contributed by atoms with E-state index in [4.69, 9.17) is 0 Å². The van der Waals surface area contributed by atoms with Crippen molar-refractivity contribution >= 4 is 17.4 Å². The summed E-state index contributed by atoms with van der Waals surface area (Å²) in [5, 5.41) is 3.17. The minimum Gasteiger partial charge on any atom is -0.388 e. The first-order valence-electron chi connectivity index (χ1n) is 9.15. The summed E-state index contributed by atoms with van der Waals surface area (Å²) in [6.45, 7) is 1.30. The Hall–Kier alpha value is -1.45. The molecule has 24 heavy (non-hydrogen) atoms. The van der Waals surface area contributed by atoms with Crippen LogP contribution in [0.3, 0.4) is 0 Å². The Kier molecular flexibility index (Phi) is 4.81. The van der Waals surface area contributed by atoms with Gasteiger partial charge in [-0.3, -0.25) is 4.90 Å².